The first-order valence-corrected chi connectivity index (χ1v) is 10.7. The number of nitrogens with one attached hydrogen (secondary N) is 2. The molecule has 1 aliphatic carbocycles. The predicted molar refractivity (Wildman–Crippen MR) is 129 cm³/mol. The lowest BCUT2D eigenvalue weighted by Gasteiger charge is -2.19. The molecule has 1 aromatic rings. The lowest BCUT2D eigenvalue weighted by Crippen LogP contribution is -2.40. The Morgan fingerprint density at radius 2 is 1.93 bits per heavy atom. The van der Waals surface area contributed by atoms with Gasteiger partial charge in [0.05, 0.1) is 32.5 Å². The fourth-order valence-electron chi connectivity index (χ4n) is 2.69. The van der Waals surface area contributed by atoms with Gasteiger partial charge in [0.2, 0.25) is 0 Å². The van der Waals surface area contributed by atoms with Gasteiger partial charge in [0, 0.05) is 20.2 Å². The first-order valence-electron chi connectivity index (χ1n) is 10.7. The molecule has 0 aliphatic heterocycles. The zero-order chi connectivity index (χ0) is 20.9. The van der Waals surface area contributed by atoms with E-state index in [0.717, 1.165) is 25.0 Å². The molecule has 0 amide bonds. The minimum atomic E-state index is -0.325. The van der Waals surface area contributed by atoms with Crippen molar-refractivity contribution in [1.29, 1.82) is 0 Å². The van der Waals surface area contributed by atoms with Crippen molar-refractivity contribution >= 4 is 29.9 Å². The molecule has 8 heteroatoms. The summed E-state index contributed by atoms with van der Waals surface area (Å²) >= 11 is 0. The average molecular weight is 537 g/mol. The number of ether oxygens (including phenoxy) is 3. The third-order valence-corrected chi connectivity index (χ3v) is 4.76. The van der Waals surface area contributed by atoms with Crippen LogP contribution in [0.15, 0.2) is 23.2 Å². The average Bonchev–Trinajstić information content (AvgIpc) is 3.55. The lowest BCUT2D eigenvalue weighted by atomic mass is 10.1. The van der Waals surface area contributed by atoms with Crippen molar-refractivity contribution in [3.05, 3.63) is 29.6 Å². The van der Waals surface area contributed by atoms with E-state index < -0.39 is 0 Å². The molecule has 0 aromatic heterocycles. The molecule has 172 valence electrons. The molecule has 1 aromatic carbocycles. The van der Waals surface area contributed by atoms with Gasteiger partial charge in [-0.3, -0.25) is 4.99 Å². The van der Waals surface area contributed by atoms with E-state index in [1.165, 1.54) is 18.9 Å². The molecule has 30 heavy (non-hydrogen) atoms. The molecular weight excluding hydrogens is 500 g/mol. The molecule has 0 heterocycles. The minimum absolute atomic E-state index is 0. The molecule has 1 saturated carbocycles. The van der Waals surface area contributed by atoms with Crippen LogP contribution in [0.2, 0.25) is 0 Å². The van der Waals surface area contributed by atoms with Gasteiger partial charge in [-0.15, -0.1) is 24.0 Å². The van der Waals surface area contributed by atoms with Crippen LogP contribution >= 0.6 is 24.0 Å². The van der Waals surface area contributed by atoms with E-state index in [-0.39, 0.29) is 35.8 Å². The summed E-state index contributed by atoms with van der Waals surface area (Å²) in [5.74, 6) is 1.25. The Kier molecular flexibility index (Phi) is 14.0. The summed E-state index contributed by atoms with van der Waals surface area (Å²) in [6.45, 7) is 7.91. The second-order valence-electron chi connectivity index (χ2n) is 7.39. The molecule has 1 unspecified atom stereocenters. The van der Waals surface area contributed by atoms with Gasteiger partial charge in [0.25, 0.3) is 0 Å². The first-order chi connectivity index (χ1) is 14.1. The predicted octanol–water partition coefficient (Wildman–Crippen LogP) is 4.29. The monoisotopic (exact) mass is 537 g/mol. The SMILES string of the molecule is CCCCOCCOCCNC(=NC)NC(C)c1ccc(OCC2CC2)c(F)c1.I. The Hall–Kier alpha value is -1.13. The maximum atomic E-state index is 14.3. The summed E-state index contributed by atoms with van der Waals surface area (Å²) in [6, 6.07) is 5.02. The maximum Gasteiger partial charge on any atom is 0.191 e. The van der Waals surface area contributed by atoms with Gasteiger partial charge in [-0.1, -0.05) is 19.4 Å². The number of hydrogen-bond acceptors (Lipinski definition) is 4. The quantitative estimate of drug-likeness (QED) is 0.161. The Bertz CT molecular complexity index is 630. The fourth-order valence-corrected chi connectivity index (χ4v) is 2.69. The number of halogens is 2. The van der Waals surface area contributed by atoms with Crippen molar-refractivity contribution in [2.24, 2.45) is 10.9 Å². The van der Waals surface area contributed by atoms with Gasteiger partial charge in [-0.05, 0) is 49.8 Å². The number of benzene rings is 1. The van der Waals surface area contributed by atoms with E-state index in [1.807, 2.05) is 13.0 Å². The lowest BCUT2D eigenvalue weighted by molar-refractivity contribution is 0.0487. The van der Waals surface area contributed by atoms with Crippen molar-refractivity contribution in [1.82, 2.24) is 10.6 Å². The number of rotatable bonds is 14. The number of nitrogens with zero attached hydrogens (tertiary/aromatic N) is 1. The summed E-state index contributed by atoms with van der Waals surface area (Å²) < 4.78 is 30.8. The van der Waals surface area contributed by atoms with Crippen LogP contribution in [0.4, 0.5) is 4.39 Å². The highest BCUT2D eigenvalue weighted by molar-refractivity contribution is 14.0. The van der Waals surface area contributed by atoms with Crippen LogP contribution in [-0.2, 0) is 9.47 Å². The molecule has 0 bridgehead atoms. The Morgan fingerprint density at radius 3 is 2.57 bits per heavy atom. The van der Waals surface area contributed by atoms with Gasteiger partial charge >= 0.3 is 0 Å². The number of guanidine groups is 1. The fraction of sp³-hybridized carbons (Fsp3) is 0.682. The highest BCUT2D eigenvalue weighted by atomic mass is 127. The van der Waals surface area contributed by atoms with E-state index in [1.54, 1.807) is 13.1 Å². The second-order valence-corrected chi connectivity index (χ2v) is 7.39. The van der Waals surface area contributed by atoms with E-state index in [2.05, 4.69) is 22.5 Å². The van der Waals surface area contributed by atoms with Gasteiger partial charge < -0.3 is 24.8 Å². The number of hydrogen-bond donors (Lipinski definition) is 2. The van der Waals surface area contributed by atoms with Crippen molar-refractivity contribution in [3.63, 3.8) is 0 Å². The summed E-state index contributed by atoms with van der Waals surface area (Å²) in [7, 11) is 1.71. The van der Waals surface area contributed by atoms with E-state index in [4.69, 9.17) is 14.2 Å². The topological polar surface area (TPSA) is 64.1 Å². The summed E-state index contributed by atoms with van der Waals surface area (Å²) in [5.41, 5.74) is 0.838. The standard InChI is InChI=1S/C22H36FN3O3.HI/c1-4-5-11-27-13-14-28-12-10-25-22(24-3)26-17(2)19-8-9-21(20(23)15-19)29-16-18-6-7-18;/h8-9,15,17-18H,4-7,10-14,16H2,1-3H3,(H2,24,25,26);1H. The van der Waals surface area contributed by atoms with Gasteiger partial charge in [0.1, 0.15) is 0 Å². The van der Waals surface area contributed by atoms with Crippen LogP contribution in [0.3, 0.4) is 0 Å². The Balaban J connectivity index is 0.00000450. The third kappa shape index (κ3) is 10.8. The molecule has 2 N–H and O–H groups in total. The molecule has 2 rings (SSSR count). The van der Waals surface area contributed by atoms with E-state index >= 15 is 0 Å². The highest BCUT2D eigenvalue weighted by Gasteiger charge is 2.22. The van der Waals surface area contributed by atoms with Crippen LogP contribution in [0.25, 0.3) is 0 Å². The Labute approximate surface area is 197 Å². The summed E-state index contributed by atoms with van der Waals surface area (Å²) in [4.78, 5) is 4.21. The normalized spacial score (nSPS) is 14.7. The summed E-state index contributed by atoms with van der Waals surface area (Å²) in [6.07, 6.45) is 4.59. The summed E-state index contributed by atoms with van der Waals surface area (Å²) in [5, 5.41) is 6.47. The van der Waals surface area contributed by atoms with E-state index in [9.17, 15) is 4.39 Å². The molecule has 0 radical (unpaired) electrons. The molecule has 1 fully saturated rings. The third-order valence-electron chi connectivity index (χ3n) is 4.76. The molecule has 6 nitrogen and oxygen atoms in total. The zero-order valence-corrected chi connectivity index (χ0v) is 20.7. The second kappa shape index (κ2) is 15.6. The maximum absolute atomic E-state index is 14.3. The van der Waals surface area contributed by atoms with Gasteiger partial charge in [-0.2, -0.15) is 0 Å². The van der Waals surface area contributed by atoms with Crippen molar-refractivity contribution in [2.45, 2.75) is 45.6 Å². The van der Waals surface area contributed by atoms with Crippen LogP contribution < -0.4 is 15.4 Å². The van der Waals surface area contributed by atoms with Gasteiger partial charge in [-0.25, -0.2) is 4.39 Å². The van der Waals surface area contributed by atoms with Crippen molar-refractivity contribution < 1.29 is 18.6 Å². The van der Waals surface area contributed by atoms with Crippen LogP contribution in [0, 0.1) is 11.7 Å². The Morgan fingerprint density at radius 1 is 1.20 bits per heavy atom. The van der Waals surface area contributed by atoms with E-state index in [0.29, 0.717) is 50.6 Å². The van der Waals surface area contributed by atoms with Gasteiger partial charge in [0.15, 0.2) is 17.5 Å². The molecule has 1 aliphatic rings. The number of unbranched alkanes of at least 4 members (excludes halogenated alkanes) is 1. The smallest absolute Gasteiger partial charge is 0.191 e. The van der Waals surface area contributed by atoms with Crippen LogP contribution in [0.5, 0.6) is 5.75 Å². The van der Waals surface area contributed by atoms with Crippen molar-refractivity contribution in [3.8, 4) is 5.75 Å². The number of aliphatic imine (C=N–C) groups is 1. The molecule has 1 atom stereocenters. The van der Waals surface area contributed by atoms with Crippen molar-refractivity contribution in [2.75, 3.05) is 46.6 Å². The molecular formula is C22H37FIN3O3. The first kappa shape index (κ1) is 26.9. The molecule has 0 saturated heterocycles. The highest BCUT2D eigenvalue weighted by Crippen LogP contribution is 2.30. The van der Waals surface area contributed by atoms with Crippen LogP contribution in [0.1, 0.15) is 51.1 Å². The van der Waals surface area contributed by atoms with Crippen LogP contribution in [-0.4, -0.2) is 52.6 Å². The zero-order valence-electron chi connectivity index (χ0n) is 18.4. The minimum Gasteiger partial charge on any atom is -0.490 e. The largest absolute Gasteiger partial charge is 0.490 e. The molecule has 0 spiro atoms.